The minimum Gasteiger partial charge on any atom is -0.375 e. The summed E-state index contributed by atoms with van der Waals surface area (Å²) in [6, 6.07) is 10.3. The maximum absolute atomic E-state index is 13.3. The number of carbonyl (C=O) groups excluding carboxylic acids is 1. The SMILES string of the molecule is C=C1N[C@](CO[C@H](C)c2cc(C(F)(F)F)cc(C(F)(F)F)c2)(c2ccccc2)CC[C@@H]1NC(C)=O. The predicted molar refractivity (Wildman–Crippen MR) is 118 cm³/mol. The van der Waals surface area contributed by atoms with Crippen LogP contribution in [0.25, 0.3) is 0 Å². The maximum Gasteiger partial charge on any atom is 0.416 e. The molecule has 1 aliphatic rings. The van der Waals surface area contributed by atoms with Gasteiger partial charge in [-0.2, -0.15) is 26.3 Å². The lowest BCUT2D eigenvalue weighted by molar-refractivity contribution is -0.143. The van der Waals surface area contributed by atoms with E-state index in [4.69, 9.17) is 4.74 Å². The van der Waals surface area contributed by atoms with E-state index in [1.54, 1.807) is 0 Å². The van der Waals surface area contributed by atoms with Crippen molar-refractivity contribution < 1.29 is 35.9 Å². The summed E-state index contributed by atoms with van der Waals surface area (Å²) in [6.07, 6.45) is -9.96. The molecule has 190 valence electrons. The lowest BCUT2D eigenvalue weighted by Crippen LogP contribution is -2.55. The Balaban J connectivity index is 1.89. The quantitative estimate of drug-likeness (QED) is 0.472. The van der Waals surface area contributed by atoms with E-state index in [0.29, 0.717) is 30.7 Å². The first-order chi connectivity index (χ1) is 16.2. The van der Waals surface area contributed by atoms with Crippen molar-refractivity contribution >= 4 is 5.91 Å². The fraction of sp³-hybridized carbons (Fsp3) is 0.400. The Labute approximate surface area is 199 Å². The number of alkyl halides is 6. The Morgan fingerprint density at radius 1 is 1.11 bits per heavy atom. The van der Waals surface area contributed by atoms with Gasteiger partial charge in [0.25, 0.3) is 0 Å². The van der Waals surface area contributed by atoms with Crippen LogP contribution in [0.3, 0.4) is 0 Å². The summed E-state index contributed by atoms with van der Waals surface area (Å²) in [5.74, 6) is -0.222. The molecule has 3 atom stereocenters. The van der Waals surface area contributed by atoms with Crippen molar-refractivity contribution in [3.8, 4) is 0 Å². The molecule has 2 aromatic rings. The molecule has 0 radical (unpaired) electrons. The van der Waals surface area contributed by atoms with Gasteiger partial charge in [0, 0.05) is 12.6 Å². The van der Waals surface area contributed by atoms with Crippen molar-refractivity contribution in [3.05, 3.63) is 83.1 Å². The second kappa shape index (κ2) is 9.93. The lowest BCUT2D eigenvalue weighted by Gasteiger charge is -2.44. The summed E-state index contributed by atoms with van der Waals surface area (Å²) in [4.78, 5) is 11.5. The number of nitrogens with one attached hydrogen (secondary N) is 2. The van der Waals surface area contributed by atoms with Crippen molar-refractivity contribution in [2.75, 3.05) is 6.61 Å². The maximum atomic E-state index is 13.3. The van der Waals surface area contributed by atoms with Crippen LogP contribution in [0, 0.1) is 0 Å². The van der Waals surface area contributed by atoms with E-state index in [1.165, 1.54) is 13.8 Å². The molecule has 0 bridgehead atoms. The largest absolute Gasteiger partial charge is 0.416 e. The van der Waals surface area contributed by atoms with E-state index in [9.17, 15) is 31.1 Å². The summed E-state index contributed by atoms with van der Waals surface area (Å²) < 4.78 is 85.5. The van der Waals surface area contributed by atoms with Crippen LogP contribution < -0.4 is 10.6 Å². The topological polar surface area (TPSA) is 50.4 Å². The summed E-state index contributed by atoms with van der Waals surface area (Å²) in [7, 11) is 0. The molecule has 0 saturated carbocycles. The Morgan fingerprint density at radius 3 is 2.17 bits per heavy atom. The van der Waals surface area contributed by atoms with E-state index >= 15 is 0 Å². The Bertz CT molecular complexity index is 1040. The highest BCUT2D eigenvalue weighted by Gasteiger charge is 2.40. The number of amides is 1. The summed E-state index contributed by atoms with van der Waals surface area (Å²) in [6.45, 7) is 6.75. The highest BCUT2D eigenvalue weighted by atomic mass is 19.4. The monoisotopic (exact) mass is 500 g/mol. The van der Waals surface area contributed by atoms with Gasteiger partial charge in [-0.15, -0.1) is 0 Å². The van der Waals surface area contributed by atoms with Gasteiger partial charge in [-0.1, -0.05) is 36.9 Å². The number of hydrogen-bond donors (Lipinski definition) is 2. The molecule has 2 aromatic carbocycles. The van der Waals surface area contributed by atoms with E-state index in [2.05, 4.69) is 17.2 Å². The fourth-order valence-electron chi connectivity index (χ4n) is 4.17. The fourth-order valence-corrected chi connectivity index (χ4v) is 4.17. The summed E-state index contributed by atoms with van der Waals surface area (Å²) >= 11 is 0. The average Bonchev–Trinajstić information content (AvgIpc) is 2.78. The number of hydrogen-bond acceptors (Lipinski definition) is 3. The highest BCUT2D eigenvalue weighted by molar-refractivity contribution is 5.73. The van der Waals surface area contributed by atoms with E-state index in [1.807, 2.05) is 30.3 Å². The first-order valence-electron chi connectivity index (χ1n) is 10.9. The summed E-state index contributed by atoms with van der Waals surface area (Å²) in [5.41, 5.74) is -2.51. The predicted octanol–water partition coefficient (Wildman–Crippen LogP) is 6.10. The van der Waals surface area contributed by atoms with E-state index in [-0.39, 0.29) is 30.2 Å². The van der Waals surface area contributed by atoms with Crippen LogP contribution in [0.15, 0.2) is 60.8 Å². The van der Waals surface area contributed by atoms with E-state index in [0.717, 1.165) is 5.56 Å². The van der Waals surface area contributed by atoms with Gasteiger partial charge in [-0.05, 0) is 49.1 Å². The number of ether oxygens (including phenoxy) is 1. The second-order valence-electron chi connectivity index (χ2n) is 8.68. The van der Waals surface area contributed by atoms with Gasteiger partial charge in [0.2, 0.25) is 5.91 Å². The van der Waals surface area contributed by atoms with Gasteiger partial charge in [0.15, 0.2) is 0 Å². The normalized spacial score (nSPS) is 21.8. The molecule has 3 rings (SSSR count). The Hall–Kier alpha value is -3.01. The molecule has 4 nitrogen and oxygen atoms in total. The van der Waals surface area contributed by atoms with Gasteiger partial charge in [0.1, 0.15) is 0 Å². The molecule has 0 spiro atoms. The molecule has 10 heteroatoms. The molecule has 35 heavy (non-hydrogen) atoms. The summed E-state index contributed by atoms with van der Waals surface area (Å²) in [5, 5.41) is 6.08. The van der Waals surface area contributed by atoms with Crippen molar-refractivity contribution in [2.24, 2.45) is 0 Å². The van der Waals surface area contributed by atoms with Crippen LogP contribution in [0.5, 0.6) is 0 Å². The standard InChI is InChI=1S/C25H26F6N2O2/c1-15-22(32-17(3)34)9-10-23(33-15,19-7-5-4-6-8-19)14-35-16(2)18-11-20(24(26,27)28)13-21(12-18)25(29,30)31/h4-8,11-13,16,22,33H,1,9-10,14H2,2-3H3,(H,32,34)/t16-,22+,23-/m1/s1. The molecular weight excluding hydrogens is 474 g/mol. The number of carbonyl (C=O) groups is 1. The van der Waals surface area contributed by atoms with Gasteiger partial charge < -0.3 is 15.4 Å². The number of benzene rings is 2. The molecule has 1 saturated heterocycles. The Morgan fingerprint density at radius 2 is 1.69 bits per heavy atom. The number of halogens is 6. The molecule has 2 N–H and O–H groups in total. The van der Waals surface area contributed by atoms with Gasteiger partial charge in [-0.3, -0.25) is 4.79 Å². The van der Waals surface area contributed by atoms with Crippen LogP contribution in [0.4, 0.5) is 26.3 Å². The molecule has 1 fully saturated rings. The molecule has 1 heterocycles. The van der Waals surface area contributed by atoms with Crippen LogP contribution in [0.2, 0.25) is 0 Å². The minimum atomic E-state index is -4.94. The smallest absolute Gasteiger partial charge is 0.375 e. The molecule has 1 amide bonds. The zero-order valence-corrected chi connectivity index (χ0v) is 19.2. The third kappa shape index (κ3) is 6.36. The van der Waals surface area contributed by atoms with Crippen LogP contribution in [-0.2, 0) is 27.4 Å². The van der Waals surface area contributed by atoms with Crippen molar-refractivity contribution in [1.82, 2.24) is 10.6 Å². The zero-order valence-electron chi connectivity index (χ0n) is 19.2. The Kier molecular flexibility index (Phi) is 7.54. The highest BCUT2D eigenvalue weighted by Crippen LogP contribution is 2.39. The van der Waals surface area contributed by atoms with E-state index < -0.39 is 35.1 Å². The van der Waals surface area contributed by atoms with Gasteiger partial charge in [0.05, 0.1) is 35.4 Å². The van der Waals surface area contributed by atoms with Gasteiger partial charge >= 0.3 is 12.4 Å². The second-order valence-corrected chi connectivity index (χ2v) is 8.68. The minimum absolute atomic E-state index is 0.0540. The van der Waals surface area contributed by atoms with Gasteiger partial charge in [-0.25, -0.2) is 0 Å². The molecule has 1 aliphatic heterocycles. The molecule has 0 aliphatic carbocycles. The molecular formula is C25H26F6N2O2. The third-order valence-electron chi connectivity index (χ3n) is 6.04. The van der Waals surface area contributed by atoms with Crippen molar-refractivity contribution in [2.45, 2.75) is 56.7 Å². The third-order valence-corrected chi connectivity index (χ3v) is 6.04. The van der Waals surface area contributed by atoms with Crippen LogP contribution in [0.1, 0.15) is 55.0 Å². The average molecular weight is 500 g/mol. The molecule has 0 aromatic heterocycles. The zero-order chi connectivity index (χ0) is 26.0. The van der Waals surface area contributed by atoms with Crippen molar-refractivity contribution in [3.63, 3.8) is 0 Å². The van der Waals surface area contributed by atoms with Crippen molar-refractivity contribution in [1.29, 1.82) is 0 Å². The first kappa shape index (κ1) is 26.6. The number of rotatable bonds is 6. The first-order valence-corrected chi connectivity index (χ1v) is 10.9. The molecule has 0 unspecified atom stereocenters. The van der Waals surface area contributed by atoms with Crippen LogP contribution in [-0.4, -0.2) is 18.6 Å². The number of piperidine rings is 1. The van der Waals surface area contributed by atoms with Crippen LogP contribution >= 0.6 is 0 Å². The lowest BCUT2D eigenvalue weighted by atomic mass is 9.80.